The summed E-state index contributed by atoms with van der Waals surface area (Å²) in [5, 5.41) is 4.83. The molecular formula is C18H17Cl2N3. The molecule has 1 N–H and O–H groups in total. The van der Waals surface area contributed by atoms with Gasteiger partial charge in [0, 0.05) is 40.7 Å². The molecule has 2 aromatic carbocycles. The molecule has 0 fully saturated rings. The Kier molecular flexibility index (Phi) is 5.01. The van der Waals surface area contributed by atoms with E-state index in [1.54, 1.807) is 18.6 Å². The maximum absolute atomic E-state index is 6.20. The maximum atomic E-state index is 6.20. The molecule has 118 valence electrons. The highest BCUT2D eigenvalue weighted by Gasteiger charge is 2.07. The number of aromatic nitrogens is 2. The second kappa shape index (κ2) is 7.18. The van der Waals surface area contributed by atoms with E-state index in [2.05, 4.69) is 41.5 Å². The van der Waals surface area contributed by atoms with Crippen LogP contribution in [0.1, 0.15) is 24.1 Å². The van der Waals surface area contributed by atoms with E-state index in [1.165, 1.54) is 5.56 Å². The summed E-state index contributed by atoms with van der Waals surface area (Å²) in [6, 6.07) is 14.2. The van der Waals surface area contributed by atoms with Crippen LogP contribution in [0.2, 0.25) is 10.0 Å². The number of nitrogens with zero attached hydrogens (tertiary/aromatic N) is 2. The molecule has 0 aliphatic heterocycles. The van der Waals surface area contributed by atoms with Gasteiger partial charge in [-0.2, -0.15) is 0 Å². The summed E-state index contributed by atoms with van der Waals surface area (Å²) in [6.45, 7) is 2.83. The minimum Gasteiger partial charge on any atom is -0.306 e. The maximum Gasteiger partial charge on any atom is 0.0991 e. The van der Waals surface area contributed by atoms with Gasteiger partial charge in [-0.15, -0.1) is 0 Å². The standard InChI is InChI=1S/C18H17Cl2N3/c1-13(22-11-15-2-5-16(19)10-18(15)20)14-3-6-17(7-4-14)23-9-8-21-12-23/h2-10,12-13,22H,11H2,1H3/t13-/m0/s1. The van der Waals surface area contributed by atoms with E-state index in [0.717, 1.165) is 11.3 Å². The van der Waals surface area contributed by atoms with Crippen LogP contribution in [0, 0.1) is 0 Å². The molecule has 0 bridgehead atoms. The Hall–Kier alpha value is -1.81. The van der Waals surface area contributed by atoms with Gasteiger partial charge in [0.2, 0.25) is 0 Å². The zero-order chi connectivity index (χ0) is 16.2. The first-order chi connectivity index (χ1) is 11.1. The van der Waals surface area contributed by atoms with E-state index in [0.29, 0.717) is 16.6 Å². The Labute approximate surface area is 145 Å². The molecule has 3 rings (SSSR count). The van der Waals surface area contributed by atoms with Gasteiger partial charge in [-0.25, -0.2) is 4.98 Å². The van der Waals surface area contributed by atoms with Gasteiger partial charge in [0.05, 0.1) is 6.33 Å². The topological polar surface area (TPSA) is 29.9 Å². The molecule has 23 heavy (non-hydrogen) atoms. The molecule has 0 saturated carbocycles. The van der Waals surface area contributed by atoms with Crippen molar-refractivity contribution in [1.82, 2.24) is 14.9 Å². The second-order valence-electron chi connectivity index (χ2n) is 5.40. The molecular weight excluding hydrogens is 329 g/mol. The van der Waals surface area contributed by atoms with Crippen molar-refractivity contribution in [3.63, 3.8) is 0 Å². The van der Waals surface area contributed by atoms with Gasteiger partial charge in [0.15, 0.2) is 0 Å². The van der Waals surface area contributed by atoms with Gasteiger partial charge in [-0.1, -0.05) is 41.4 Å². The predicted octanol–water partition coefficient (Wildman–Crippen LogP) is 5.03. The van der Waals surface area contributed by atoms with Gasteiger partial charge in [0.25, 0.3) is 0 Å². The van der Waals surface area contributed by atoms with Crippen LogP contribution in [-0.4, -0.2) is 9.55 Å². The van der Waals surface area contributed by atoms with Gasteiger partial charge >= 0.3 is 0 Å². The molecule has 1 heterocycles. The zero-order valence-electron chi connectivity index (χ0n) is 12.7. The first-order valence-electron chi connectivity index (χ1n) is 7.39. The highest BCUT2D eigenvalue weighted by Crippen LogP contribution is 2.22. The van der Waals surface area contributed by atoms with E-state index in [1.807, 2.05) is 22.9 Å². The lowest BCUT2D eigenvalue weighted by Crippen LogP contribution is -2.18. The van der Waals surface area contributed by atoms with Crippen LogP contribution in [0.15, 0.2) is 61.2 Å². The fourth-order valence-corrected chi connectivity index (χ4v) is 2.87. The zero-order valence-corrected chi connectivity index (χ0v) is 14.2. The van der Waals surface area contributed by atoms with Crippen LogP contribution in [-0.2, 0) is 6.54 Å². The number of rotatable bonds is 5. The fraction of sp³-hybridized carbons (Fsp3) is 0.167. The molecule has 0 aliphatic carbocycles. The Morgan fingerprint density at radius 1 is 1.13 bits per heavy atom. The van der Waals surface area contributed by atoms with Gasteiger partial charge in [-0.3, -0.25) is 0 Å². The molecule has 0 radical (unpaired) electrons. The van der Waals surface area contributed by atoms with Gasteiger partial charge in [-0.05, 0) is 42.3 Å². The van der Waals surface area contributed by atoms with Crippen LogP contribution in [0.3, 0.4) is 0 Å². The molecule has 1 atom stereocenters. The number of nitrogens with one attached hydrogen (secondary N) is 1. The lowest BCUT2D eigenvalue weighted by Gasteiger charge is -2.16. The lowest BCUT2D eigenvalue weighted by molar-refractivity contribution is 0.575. The third kappa shape index (κ3) is 3.94. The van der Waals surface area contributed by atoms with Crippen LogP contribution in [0.25, 0.3) is 5.69 Å². The average Bonchev–Trinajstić information content (AvgIpc) is 3.08. The average molecular weight is 346 g/mol. The van der Waals surface area contributed by atoms with Crippen LogP contribution >= 0.6 is 23.2 Å². The largest absolute Gasteiger partial charge is 0.306 e. The van der Waals surface area contributed by atoms with E-state index < -0.39 is 0 Å². The van der Waals surface area contributed by atoms with E-state index >= 15 is 0 Å². The van der Waals surface area contributed by atoms with Crippen molar-refractivity contribution >= 4 is 23.2 Å². The first kappa shape index (κ1) is 16.1. The van der Waals surface area contributed by atoms with E-state index in [-0.39, 0.29) is 6.04 Å². The quantitative estimate of drug-likeness (QED) is 0.702. The minimum absolute atomic E-state index is 0.221. The third-order valence-electron chi connectivity index (χ3n) is 3.81. The molecule has 5 heteroatoms. The summed E-state index contributed by atoms with van der Waals surface area (Å²) in [7, 11) is 0. The van der Waals surface area contributed by atoms with Crippen LogP contribution in [0.4, 0.5) is 0 Å². The second-order valence-corrected chi connectivity index (χ2v) is 6.24. The summed E-state index contributed by atoms with van der Waals surface area (Å²) in [5.74, 6) is 0. The number of hydrogen-bond donors (Lipinski definition) is 1. The lowest BCUT2D eigenvalue weighted by atomic mass is 10.1. The number of imidazole rings is 1. The molecule has 3 aromatic rings. The summed E-state index contributed by atoms with van der Waals surface area (Å²) < 4.78 is 1.98. The Balaban J connectivity index is 1.65. The van der Waals surface area contributed by atoms with Crippen molar-refractivity contribution in [2.75, 3.05) is 0 Å². The van der Waals surface area contributed by atoms with Gasteiger partial charge in [0.1, 0.15) is 0 Å². The number of halogens is 2. The Morgan fingerprint density at radius 2 is 1.91 bits per heavy atom. The highest BCUT2D eigenvalue weighted by atomic mass is 35.5. The predicted molar refractivity (Wildman–Crippen MR) is 95.3 cm³/mol. The molecule has 0 amide bonds. The van der Waals surface area contributed by atoms with Gasteiger partial charge < -0.3 is 9.88 Å². The summed E-state index contributed by atoms with van der Waals surface area (Å²) >= 11 is 12.1. The molecule has 0 unspecified atom stereocenters. The van der Waals surface area contributed by atoms with Crippen molar-refractivity contribution in [3.05, 3.63) is 82.4 Å². The molecule has 0 saturated heterocycles. The fourth-order valence-electron chi connectivity index (χ4n) is 2.39. The van der Waals surface area contributed by atoms with E-state index in [9.17, 15) is 0 Å². The molecule has 3 nitrogen and oxygen atoms in total. The van der Waals surface area contributed by atoms with E-state index in [4.69, 9.17) is 23.2 Å². The summed E-state index contributed by atoms with van der Waals surface area (Å²) in [4.78, 5) is 4.06. The van der Waals surface area contributed by atoms with Crippen molar-refractivity contribution < 1.29 is 0 Å². The Bertz CT molecular complexity index is 767. The molecule has 0 aliphatic rings. The summed E-state index contributed by atoms with van der Waals surface area (Å²) in [6.07, 6.45) is 5.49. The minimum atomic E-state index is 0.221. The van der Waals surface area contributed by atoms with Crippen LogP contribution < -0.4 is 5.32 Å². The summed E-state index contributed by atoms with van der Waals surface area (Å²) in [5.41, 5.74) is 3.36. The van der Waals surface area contributed by atoms with Crippen molar-refractivity contribution in [2.45, 2.75) is 19.5 Å². The Morgan fingerprint density at radius 3 is 2.57 bits per heavy atom. The molecule has 0 spiro atoms. The van der Waals surface area contributed by atoms with Crippen molar-refractivity contribution in [2.24, 2.45) is 0 Å². The third-order valence-corrected chi connectivity index (χ3v) is 4.40. The number of benzene rings is 2. The SMILES string of the molecule is C[C@H](NCc1ccc(Cl)cc1Cl)c1ccc(-n2ccnc2)cc1. The van der Waals surface area contributed by atoms with Crippen molar-refractivity contribution in [3.8, 4) is 5.69 Å². The first-order valence-corrected chi connectivity index (χ1v) is 8.14. The number of hydrogen-bond acceptors (Lipinski definition) is 2. The smallest absolute Gasteiger partial charge is 0.0991 e. The molecule has 1 aromatic heterocycles. The van der Waals surface area contributed by atoms with Crippen molar-refractivity contribution in [1.29, 1.82) is 0 Å². The monoisotopic (exact) mass is 345 g/mol. The van der Waals surface area contributed by atoms with Crippen LogP contribution in [0.5, 0.6) is 0 Å². The highest BCUT2D eigenvalue weighted by molar-refractivity contribution is 6.35. The normalized spacial score (nSPS) is 12.3.